The molecule has 7 rings (SSSR count). The third-order valence-corrected chi connectivity index (χ3v) is 9.78. The van der Waals surface area contributed by atoms with Gasteiger partial charge in [0, 0.05) is 32.9 Å². The summed E-state index contributed by atoms with van der Waals surface area (Å²) in [5, 5.41) is 0. The lowest BCUT2D eigenvalue weighted by Gasteiger charge is -2.57. The van der Waals surface area contributed by atoms with Crippen molar-refractivity contribution < 1.29 is 14.4 Å². The van der Waals surface area contributed by atoms with Gasteiger partial charge in [-0.1, -0.05) is 18.2 Å². The predicted octanol–water partition coefficient (Wildman–Crippen LogP) is 2.96. The van der Waals surface area contributed by atoms with E-state index in [9.17, 15) is 14.4 Å². The van der Waals surface area contributed by atoms with Crippen molar-refractivity contribution in [3.8, 4) is 0 Å². The summed E-state index contributed by atoms with van der Waals surface area (Å²) in [5.41, 5.74) is 0.176. The Morgan fingerprint density at radius 1 is 0.943 bits per heavy atom. The monoisotopic (exact) mass is 478 g/mol. The molecule has 7 heteroatoms. The molecular weight excluding hydrogens is 440 g/mol. The Bertz CT molecular complexity index is 979. The SMILES string of the molecule is CN(C)C(=O)CN1CN(c2ccccc2)C2(CCN(C(=O)C34CC5CC(CC(C5)C3)C4)CC2)C1=O. The number of carbonyl (C=O) groups excluding carboxylic acids is 3. The van der Waals surface area contributed by atoms with Gasteiger partial charge in [0.05, 0.1) is 12.1 Å². The van der Waals surface area contributed by atoms with Crippen LogP contribution >= 0.6 is 0 Å². The number of rotatable bonds is 4. The van der Waals surface area contributed by atoms with Crippen molar-refractivity contribution in [2.45, 2.75) is 56.9 Å². The molecule has 1 aromatic carbocycles. The normalized spacial score (nSPS) is 33.0. The van der Waals surface area contributed by atoms with Crippen molar-refractivity contribution in [3.63, 3.8) is 0 Å². The number of piperidine rings is 1. The molecule has 0 radical (unpaired) electrons. The van der Waals surface area contributed by atoms with Crippen molar-refractivity contribution in [3.05, 3.63) is 30.3 Å². The highest BCUT2D eigenvalue weighted by Crippen LogP contribution is 2.60. The van der Waals surface area contributed by atoms with Crippen LogP contribution in [-0.2, 0) is 14.4 Å². The first kappa shape index (κ1) is 22.9. The molecule has 0 aromatic heterocycles. The number of hydrogen-bond acceptors (Lipinski definition) is 4. The van der Waals surface area contributed by atoms with E-state index in [4.69, 9.17) is 0 Å². The summed E-state index contributed by atoms with van der Waals surface area (Å²) in [6.45, 7) is 1.73. The number of hydrogen-bond donors (Lipinski definition) is 0. The van der Waals surface area contributed by atoms with E-state index in [0.29, 0.717) is 38.5 Å². The van der Waals surface area contributed by atoms with E-state index in [1.165, 1.54) is 24.2 Å². The summed E-state index contributed by atoms with van der Waals surface area (Å²) in [4.78, 5) is 47.7. The minimum Gasteiger partial charge on any atom is -0.347 e. The number of amides is 3. The van der Waals surface area contributed by atoms with E-state index in [1.54, 1.807) is 19.0 Å². The van der Waals surface area contributed by atoms with Gasteiger partial charge in [-0.2, -0.15) is 0 Å². The van der Waals surface area contributed by atoms with Gasteiger partial charge in [-0.25, -0.2) is 0 Å². The van der Waals surface area contributed by atoms with Crippen LogP contribution < -0.4 is 4.90 Å². The zero-order valence-electron chi connectivity index (χ0n) is 21.1. The maximum atomic E-state index is 13.9. The average molecular weight is 479 g/mol. The molecule has 4 saturated carbocycles. The molecule has 6 aliphatic rings. The van der Waals surface area contributed by atoms with Crippen LogP contribution in [0.5, 0.6) is 0 Å². The number of anilines is 1. The predicted molar refractivity (Wildman–Crippen MR) is 133 cm³/mol. The van der Waals surface area contributed by atoms with Crippen LogP contribution in [0.15, 0.2) is 30.3 Å². The Hall–Kier alpha value is -2.57. The zero-order valence-corrected chi connectivity index (χ0v) is 21.1. The van der Waals surface area contributed by atoms with Crippen LogP contribution in [-0.4, -0.2) is 78.4 Å². The summed E-state index contributed by atoms with van der Waals surface area (Å²) in [6, 6.07) is 10.0. The molecule has 2 heterocycles. The minimum absolute atomic E-state index is 0.0263. The van der Waals surface area contributed by atoms with Crippen molar-refractivity contribution in [1.29, 1.82) is 0 Å². The van der Waals surface area contributed by atoms with E-state index >= 15 is 0 Å². The van der Waals surface area contributed by atoms with Gasteiger partial charge < -0.3 is 19.6 Å². The Morgan fingerprint density at radius 3 is 2.06 bits per heavy atom. The van der Waals surface area contributed by atoms with Crippen molar-refractivity contribution in [2.24, 2.45) is 23.2 Å². The first-order chi connectivity index (χ1) is 16.8. The van der Waals surface area contributed by atoms with Crippen LogP contribution in [0.1, 0.15) is 51.4 Å². The lowest BCUT2D eigenvalue weighted by molar-refractivity contribution is -0.160. The van der Waals surface area contributed by atoms with Crippen LogP contribution in [0.4, 0.5) is 5.69 Å². The van der Waals surface area contributed by atoms with E-state index < -0.39 is 5.54 Å². The number of para-hydroxylation sites is 1. The minimum atomic E-state index is -0.688. The largest absolute Gasteiger partial charge is 0.347 e. The van der Waals surface area contributed by atoms with Crippen molar-refractivity contribution in [2.75, 3.05) is 45.3 Å². The second-order valence-electron chi connectivity index (χ2n) is 12.2. The van der Waals surface area contributed by atoms with Gasteiger partial charge in [0.25, 0.3) is 5.91 Å². The second-order valence-corrected chi connectivity index (χ2v) is 12.2. The quantitative estimate of drug-likeness (QED) is 0.668. The summed E-state index contributed by atoms with van der Waals surface area (Å²) in [7, 11) is 3.45. The highest BCUT2D eigenvalue weighted by atomic mass is 16.2. The fourth-order valence-corrected chi connectivity index (χ4v) is 8.41. The van der Waals surface area contributed by atoms with Crippen LogP contribution in [0.3, 0.4) is 0 Å². The van der Waals surface area contributed by atoms with Gasteiger partial charge in [-0.05, 0) is 81.3 Å². The maximum absolute atomic E-state index is 13.9. The number of carbonyl (C=O) groups is 3. The standard InChI is InChI=1S/C28H38N4O3/c1-29(2)24(33)18-31-19-32(23-6-4-3-5-7-23)28(26(31)35)8-10-30(11-9-28)25(34)27-15-20-12-21(16-27)14-22(13-20)17-27/h3-7,20-22H,8-19H2,1-2H3. The highest BCUT2D eigenvalue weighted by Gasteiger charge is 2.58. The van der Waals surface area contributed by atoms with Crippen LogP contribution in [0, 0.1) is 23.2 Å². The number of nitrogens with zero attached hydrogens (tertiary/aromatic N) is 4. The van der Waals surface area contributed by atoms with E-state index in [1.807, 2.05) is 30.3 Å². The number of likely N-dealkylation sites (N-methyl/N-ethyl adjacent to an activating group) is 1. The molecule has 6 fully saturated rings. The Kier molecular flexibility index (Phi) is 5.38. The Morgan fingerprint density at radius 2 is 1.51 bits per heavy atom. The molecule has 0 unspecified atom stereocenters. The Labute approximate surface area is 208 Å². The maximum Gasteiger partial charge on any atom is 0.250 e. The molecule has 4 bridgehead atoms. The second kappa shape index (κ2) is 8.24. The smallest absolute Gasteiger partial charge is 0.250 e. The van der Waals surface area contributed by atoms with Crippen molar-refractivity contribution in [1.82, 2.24) is 14.7 Å². The van der Waals surface area contributed by atoms with Crippen molar-refractivity contribution >= 4 is 23.4 Å². The zero-order chi connectivity index (χ0) is 24.4. The molecule has 35 heavy (non-hydrogen) atoms. The first-order valence-electron chi connectivity index (χ1n) is 13.4. The van der Waals surface area contributed by atoms with E-state index in [2.05, 4.69) is 9.80 Å². The third kappa shape index (κ3) is 3.64. The van der Waals surface area contributed by atoms with Crippen LogP contribution in [0.2, 0.25) is 0 Å². The summed E-state index contributed by atoms with van der Waals surface area (Å²) in [6.07, 6.45) is 8.46. The van der Waals surface area contributed by atoms with E-state index in [0.717, 1.165) is 42.7 Å². The lowest BCUT2D eigenvalue weighted by atomic mass is 9.49. The fourth-order valence-electron chi connectivity index (χ4n) is 8.41. The van der Waals surface area contributed by atoms with Crippen LogP contribution in [0.25, 0.3) is 0 Å². The molecule has 3 amide bonds. The molecule has 1 spiro atoms. The molecular formula is C28H38N4O3. The van der Waals surface area contributed by atoms with Gasteiger partial charge in [-0.15, -0.1) is 0 Å². The molecule has 2 saturated heterocycles. The molecule has 0 atom stereocenters. The third-order valence-electron chi connectivity index (χ3n) is 9.78. The van der Waals surface area contributed by atoms with Gasteiger partial charge in [0.1, 0.15) is 12.1 Å². The summed E-state index contributed by atoms with van der Waals surface area (Å²) in [5.74, 6) is 2.55. The molecule has 1 aromatic rings. The molecule has 2 aliphatic heterocycles. The Balaban J connectivity index is 1.22. The average Bonchev–Trinajstić information content (AvgIpc) is 3.10. The fraction of sp³-hybridized carbons (Fsp3) is 0.679. The number of likely N-dealkylation sites (tertiary alicyclic amines) is 1. The molecule has 188 valence electrons. The van der Waals surface area contributed by atoms with Gasteiger partial charge >= 0.3 is 0 Å². The number of benzene rings is 1. The molecule has 4 aliphatic carbocycles. The van der Waals surface area contributed by atoms with Gasteiger partial charge in [0.2, 0.25) is 11.8 Å². The summed E-state index contributed by atoms with van der Waals surface area (Å²) >= 11 is 0. The van der Waals surface area contributed by atoms with Gasteiger partial charge in [0.15, 0.2) is 0 Å². The molecule has 7 nitrogen and oxygen atoms in total. The topological polar surface area (TPSA) is 64.2 Å². The van der Waals surface area contributed by atoms with Gasteiger partial charge in [-0.3, -0.25) is 14.4 Å². The lowest BCUT2D eigenvalue weighted by Crippen LogP contribution is -2.61. The summed E-state index contributed by atoms with van der Waals surface area (Å²) < 4.78 is 0. The molecule has 0 N–H and O–H groups in total. The highest BCUT2D eigenvalue weighted by molar-refractivity contribution is 5.96. The first-order valence-corrected chi connectivity index (χ1v) is 13.4. The van der Waals surface area contributed by atoms with E-state index in [-0.39, 0.29) is 23.8 Å².